The number of carbonyl (C=O) groups is 1. The van der Waals surface area contributed by atoms with Crippen LogP contribution in [0.5, 0.6) is 0 Å². The van der Waals surface area contributed by atoms with Gasteiger partial charge in [-0.15, -0.1) is 0 Å². The monoisotopic (exact) mass is 309 g/mol. The number of hydrogen-bond donors (Lipinski definition) is 2. The first-order valence-electron chi connectivity index (χ1n) is 8.50. The Morgan fingerprint density at radius 2 is 1.96 bits per heavy atom. The van der Waals surface area contributed by atoms with Gasteiger partial charge < -0.3 is 15.2 Å². The van der Waals surface area contributed by atoms with Gasteiger partial charge in [-0.1, -0.05) is 30.3 Å². The highest BCUT2D eigenvalue weighted by molar-refractivity contribution is 5.93. The van der Waals surface area contributed by atoms with E-state index in [1.54, 1.807) is 0 Å². The number of piperidine rings is 1. The second-order valence-corrected chi connectivity index (χ2v) is 6.91. The molecule has 4 heteroatoms. The lowest BCUT2D eigenvalue weighted by molar-refractivity contribution is 0.0548. The molecule has 2 aromatic rings. The molecule has 0 aliphatic carbocycles. The third-order valence-electron chi connectivity index (χ3n) is 5.28. The Balaban J connectivity index is 1.52. The van der Waals surface area contributed by atoms with Gasteiger partial charge in [0.15, 0.2) is 0 Å². The van der Waals surface area contributed by atoms with Gasteiger partial charge in [-0.3, -0.25) is 4.79 Å². The number of aromatic amines is 1. The van der Waals surface area contributed by atoms with Crippen LogP contribution in [0.1, 0.15) is 29.8 Å². The van der Waals surface area contributed by atoms with Crippen molar-refractivity contribution in [3.05, 3.63) is 48.2 Å². The fraction of sp³-hybridized carbons (Fsp3) is 0.421. The van der Waals surface area contributed by atoms with E-state index in [2.05, 4.69) is 22.4 Å². The number of amides is 1. The van der Waals surface area contributed by atoms with Crippen molar-refractivity contribution in [2.75, 3.05) is 26.2 Å². The van der Waals surface area contributed by atoms with Crippen LogP contribution >= 0.6 is 0 Å². The largest absolute Gasteiger partial charge is 0.351 e. The number of hydrogen-bond acceptors (Lipinski definition) is 2. The Morgan fingerprint density at radius 1 is 1.09 bits per heavy atom. The maximum atomic E-state index is 12.9. The fourth-order valence-corrected chi connectivity index (χ4v) is 4.00. The van der Waals surface area contributed by atoms with Crippen LogP contribution < -0.4 is 5.32 Å². The number of rotatable bonds is 2. The second-order valence-electron chi connectivity index (χ2n) is 6.91. The Kier molecular flexibility index (Phi) is 3.69. The summed E-state index contributed by atoms with van der Waals surface area (Å²) in [6.07, 6.45) is 3.54. The minimum atomic E-state index is 0.137. The Morgan fingerprint density at radius 3 is 2.74 bits per heavy atom. The number of carbonyl (C=O) groups excluding carboxylic acids is 1. The first-order valence-corrected chi connectivity index (χ1v) is 8.50. The highest BCUT2D eigenvalue weighted by atomic mass is 16.2. The minimum Gasteiger partial charge on any atom is -0.351 e. The Hall–Kier alpha value is -2.07. The summed E-state index contributed by atoms with van der Waals surface area (Å²) in [6, 6.07) is 14.1. The van der Waals surface area contributed by atoms with Crippen molar-refractivity contribution in [3.63, 3.8) is 0 Å². The average molecular weight is 309 g/mol. The third-order valence-corrected chi connectivity index (χ3v) is 5.28. The lowest BCUT2D eigenvalue weighted by atomic mass is 9.79. The van der Waals surface area contributed by atoms with Gasteiger partial charge in [-0.25, -0.2) is 0 Å². The van der Waals surface area contributed by atoms with Crippen molar-refractivity contribution < 1.29 is 4.79 Å². The number of nitrogens with one attached hydrogen (secondary N) is 2. The molecule has 2 N–H and O–H groups in total. The zero-order valence-electron chi connectivity index (χ0n) is 13.3. The molecular weight excluding hydrogens is 286 g/mol. The lowest BCUT2D eigenvalue weighted by Crippen LogP contribution is -2.47. The number of nitrogens with zero attached hydrogens (tertiary/aromatic N) is 1. The first-order chi connectivity index (χ1) is 11.3. The molecule has 2 fully saturated rings. The van der Waals surface area contributed by atoms with Crippen LogP contribution in [0.3, 0.4) is 0 Å². The third kappa shape index (κ3) is 2.79. The quantitative estimate of drug-likeness (QED) is 0.896. The minimum absolute atomic E-state index is 0.137. The van der Waals surface area contributed by atoms with Crippen LogP contribution in [0, 0.1) is 5.41 Å². The smallest absolute Gasteiger partial charge is 0.270 e. The molecule has 3 heterocycles. The van der Waals surface area contributed by atoms with E-state index in [0.717, 1.165) is 43.9 Å². The molecule has 2 aliphatic rings. The van der Waals surface area contributed by atoms with Crippen LogP contribution in [0.4, 0.5) is 0 Å². The van der Waals surface area contributed by atoms with Crippen LogP contribution in [0.15, 0.2) is 42.5 Å². The molecule has 0 unspecified atom stereocenters. The standard InChI is InChI=1S/C19H23N3O/c23-18(22-12-4-9-19(14-22)10-11-20-13-19)17-8-7-16(21-17)15-5-2-1-3-6-15/h1-3,5-8,20-21H,4,9-14H2/t19-/m1/s1. The van der Waals surface area contributed by atoms with Gasteiger partial charge in [0.25, 0.3) is 5.91 Å². The molecule has 2 saturated heterocycles. The normalized spacial score (nSPS) is 24.3. The zero-order chi connectivity index (χ0) is 15.7. The highest BCUT2D eigenvalue weighted by Gasteiger charge is 2.39. The molecule has 1 amide bonds. The van der Waals surface area contributed by atoms with E-state index in [1.807, 2.05) is 35.2 Å². The predicted octanol–water partition coefficient (Wildman–Crippen LogP) is 2.90. The number of benzene rings is 1. The molecule has 4 nitrogen and oxygen atoms in total. The van der Waals surface area contributed by atoms with Gasteiger partial charge in [0.2, 0.25) is 0 Å². The van der Waals surface area contributed by atoms with E-state index in [9.17, 15) is 4.79 Å². The van der Waals surface area contributed by atoms with Gasteiger partial charge in [0.05, 0.1) is 0 Å². The summed E-state index contributed by atoms with van der Waals surface area (Å²) in [4.78, 5) is 18.2. The summed E-state index contributed by atoms with van der Waals surface area (Å²) in [6.45, 7) is 3.90. The van der Waals surface area contributed by atoms with E-state index in [4.69, 9.17) is 0 Å². The van der Waals surface area contributed by atoms with Crippen molar-refractivity contribution in [2.24, 2.45) is 5.41 Å². The maximum absolute atomic E-state index is 12.9. The Labute approximate surface area is 136 Å². The van der Waals surface area contributed by atoms with Crippen LogP contribution in [-0.4, -0.2) is 42.0 Å². The molecule has 4 rings (SSSR count). The van der Waals surface area contributed by atoms with Crippen LogP contribution in [0.2, 0.25) is 0 Å². The molecular formula is C19H23N3O. The van der Waals surface area contributed by atoms with Crippen molar-refractivity contribution >= 4 is 5.91 Å². The molecule has 1 spiro atoms. The summed E-state index contributed by atoms with van der Waals surface area (Å²) in [5.41, 5.74) is 3.12. The first kappa shape index (κ1) is 14.5. The maximum Gasteiger partial charge on any atom is 0.270 e. The van der Waals surface area contributed by atoms with Gasteiger partial charge in [-0.2, -0.15) is 0 Å². The van der Waals surface area contributed by atoms with E-state index >= 15 is 0 Å². The van der Waals surface area contributed by atoms with Crippen LogP contribution in [-0.2, 0) is 0 Å². The number of H-pyrrole nitrogens is 1. The molecule has 0 saturated carbocycles. The van der Waals surface area contributed by atoms with Crippen molar-refractivity contribution in [1.29, 1.82) is 0 Å². The summed E-state index contributed by atoms with van der Waals surface area (Å²) < 4.78 is 0. The highest BCUT2D eigenvalue weighted by Crippen LogP contribution is 2.36. The van der Waals surface area contributed by atoms with Gasteiger partial charge in [0.1, 0.15) is 5.69 Å². The molecule has 0 radical (unpaired) electrons. The molecule has 2 aliphatic heterocycles. The summed E-state index contributed by atoms with van der Waals surface area (Å²) in [5, 5.41) is 3.46. The van der Waals surface area contributed by atoms with Gasteiger partial charge in [-0.05, 0) is 43.5 Å². The van der Waals surface area contributed by atoms with E-state index < -0.39 is 0 Å². The van der Waals surface area contributed by atoms with Crippen molar-refractivity contribution in [3.8, 4) is 11.3 Å². The number of likely N-dealkylation sites (tertiary alicyclic amines) is 1. The van der Waals surface area contributed by atoms with Crippen molar-refractivity contribution in [2.45, 2.75) is 19.3 Å². The lowest BCUT2D eigenvalue weighted by Gasteiger charge is -2.39. The van der Waals surface area contributed by atoms with Gasteiger partial charge >= 0.3 is 0 Å². The molecule has 1 aromatic carbocycles. The van der Waals surface area contributed by atoms with Gasteiger partial charge in [0, 0.05) is 30.7 Å². The Bertz CT molecular complexity index is 686. The van der Waals surface area contributed by atoms with E-state index in [0.29, 0.717) is 11.1 Å². The molecule has 1 atom stereocenters. The van der Waals surface area contributed by atoms with E-state index in [1.165, 1.54) is 12.8 Å². The average Bonchev–Trinajstić information content (AvgIpc) is 3.25. The molecule has 23 heavy (non-hydrogen) atoms. The molecule has 0 bridgehead atoms. The molecule has 1 aromatic heterocycles. The summed E-state index contributed by atoms with van der Waals surface area (Å²) in [7, 11) is 0. The summed E-state index contributed by atoms with van der Waals surface area (Å²) in [5.74, 6) is 0.137. The van der Waals surface area contributed by atoms with Crippen molar-refractivity contribution in [1.82, 2.24) is 15.2 Å². The van der Waals surface area contributed by atoms with E-state index in [-0.39, 0.29) is 5.91 Å². The molecule has 120 valence electrons. The fourth-order valence-electron chi connectivity index (χ4n) is 4.00. The van der Waals surface area contributed by atoms with Crippen LogP contribution in [0.25, 0.3) is 11.3 Å². The summed E-state index contributed by atoms with van der Waals surface area (Å²) >= 11 is 0. The number of aromatic nitrogens is 1. The predicted molar refractivity (Wildman–Crippen MR) is 91.3 cm³/mol. The topological polar surface area (TPSA) is 48.1 Å². The second kappa shape index (κ2) is 5.85. The zero-order valence-corrected chi connectivity index (χ0v) is 13.3. The SMILES string of the molecule is O=C(c1ccc(-c2ccccc2)[nH]1)N1CCC[C@]2(CCNC2)C1.